The highest BCUT2D eigenvalue weighted by atomic mass is 79.9. The molecule has 0 bridgehead atoms. The maximum atomic E-state index is 5.72. The van der Waals surface area contributed by atoms with E-state index in [-0.39, 0.29) is 0 Å². The van der Waals surface area contributed by atoms with Crippen molar-refractivity contribution in [3.8, 4) is 5.75 Å². The van der Waals surface area contributed by atoms with Gasteiger partial charge >= 0.3 is 0 Å². The largest absolute Gasteiger partial charge is 0.492 e. The fourth-order valence-corrected chi connectivity index (χ4v) is 2.06. The van der Waals surface area contributed by atoms with E-state index in [4.69, 9.17) is 9.15 Å². The van der Waals surface area contributed by atoms with Gasteiger partial charge in [0.05, 0.1) is 12.8 Å². The number of hydrogen-bond acceptors (Lipinski definition) is 3. The Morgan fingerprint density at radius 3 is 2.63 bits per heavy atom. The molecule has 1 aromatic heterocycles. The minimum atomic E-state index is 0.677. The van der Waals surface area contributed by atoms with Crippen LogP contribution < -0.4 is 4.74 Å². The van der Waals surface area contributed by atoms with Crippen molar-refractivity contribution in [3.63, 3.8) is 0 Å². The minimum absolute atomic E-state index is 0.677. The van der Waals surface area contributed by atoms with Gasteiger partial charge in [0.2, 0.25) is 0 Å². The molecule has 0 aliphatic heterocycles. The van der Waals surface area contributed by atoms with E-state index in [1.54, 1.807) is 6.26 Å². The highest BCUT2D eigenvalue weighted by molar-refractivity contribution is 9.10. The zero-order chi connectivity index (χ0) is 13.5. The summed E-state index contributed by atoms with van der Waals surface area (Å²) >= 11 is 3.41. The number of ether oxygens (including phenoxy) is 1. The van der Waals surface area contributed by atoms with Gasteiger partial charge < -0.3 is 9.15 Å². The molecule has 3 nitrogen and oxygen atoms in total. The Balaban J connectivity index is 1.75. The average Bonchev–Trinajstić information content (AvgIpc) is 2.93. The normalized spacial score (nSPS) is 10.9. The van der Waals surface area contributed by atoms with E-state index >= 15 is 0 Å². The van der Waals surface area contributed by atoms with Gasteiger partial charge in [-0.05, 0) is 42.9 Å². The van der Waals surface area contributed by atoms with Gasteiger partial charge in [0.25, 0.3) is 0 Å². The van der Waals surface area contributed by atoms with Crippen LogP contribution in [0.3, 0.4) is 0 Å². The van der Waals surface area contributed by atoms with Crippen LogP contribution in [0.4, 0.5) is 0 Å². The Labute approximate surface area is 122 Å². The molecule has 0 spiro atoms. The lowest BCUT2D eigenvalue weighted by molar-refractivity contribution is 0.199. The maximum Gasteiger partial charge on any atom is 0.119 e. The predicted molar refractivity (Wildman–Crippen MR) is 79.3 cm³/mol. The van der Waals surface area contributed by atoms with Crippen molar-refractivity contribution in [2.24, 2.45) is 0 Å². The third-order valence-corrected chi connectivity index (χ3v) is 3.43. The summed E-state index contributed by atoms with van der Waals surface area (Å²) < 4.78 is 12.1. The first-order valence-corrected chi connectivity index (χ1v) is 7.20. The quantitative estimate of drug-likeness (QED) is 0.771. The SMILES string of the molecule is CCN(CCOc1ccc(Br)cc1)Cc1ccco1. The van der Waals surface area contributed by atoms with Gasteiger partial charge in [-0.3, -0.25) is 4.90 Å². The standard InChI is InChI=1S/C15H18BrNO2/c1-2-17(12-15-4-3-10-18-15)9-11-19-14-7-5-13(16)6-8-14/h3-8,10H,2,9,11-12H2,1H3. The summed E-state index contributed by atoms with van der Waals surface area (Å²) in [5, 5.41) is 0. The van der Waals surface area contributed by atoms with Crippen molar-refractivity contribution in [1.82, 2.24) is 4.90 Å². The van der Waals surface area contributed by atoms with Gasteiger partial charge in [-0.2, -0.15) is 0 Å². The Morgan fingerprint density at radius 2 is 2.00 bits per heavy atom. The smallest absolute Gasteiger partial charge is 0.119 e. The number of furan rings is 1. The van der Waals surface area contributed by atoms with Gasteiger partial charge in [-0.1, -0.05) is 22.9 Å². The third kappa shape index (κ3) is 4.73. The first-order chi connectivity index (χ1) is 9.28. The van der Waals surface area contributed by atoms with E-state index in [1.807, 2.05) is 36.4 Å². The van der Waals surface area contributed by atoms with Crippen LogP contribution in [0.15, 0.2) is 51.6 Å². The van der Waals surface area contributed by atoms with Crippen LogP contribution in [0, 0.1) is 0 Å². The molecule has 102 valence electrons. The molecule has 0 unspecified atom stereocenters. The van der Waals surface area contributed by atoms with E-state index < -0.39 is 0 Å². The van der Waals surface area contributed by atoms with Crippen molar-refractivity contribution in [2.45, 2.75) is 13.5 Å². The monoisotopic (exact) mass is 323 g/mol. The Kier molecular flexibility index (Phi) is 5.48. The fourth-order valence-electron chi connectivity index (χ4n) is 1.80. The number of benzene rings is 1. The Hall–Kier alpha value is -1.26. The first-order valence-electron chi connectivity index (χ1n) is 6.41. The minimum Gasteiger partial charge on any atom is -0.492 e. The zero-order valence-corrected chi connectivity index (χ0v) is 12.6. The van der Waals surface area contributed by atoms with Crippen LogP contribution >= 0.6 is 15.9 Å². The molecule has 19 heavy (non-hydrogen) atoms. The molecule has 4 heteroatoms. The van der Waals surface area contributed by atoms with Crippen LogP contribution in [0.2, 0.25) is 0 Å². The lowest BCUT2D eigenvalue weighted by atomic mass is 10.3. The van der Waals surface area contributed by atoms with Crippen molar-refractivity contribution in [3.05, 3.63) is 52.9 Å². The van der Waals surface area contributed by atoms with Crippen molar-refractivity contribution in [2.75, 3.05) is 19.7 Å². The second-order valence-corrected chi connectivity index (χ2v) is 5.17. The van der Waals surface area contributed by atoms with Gasteiger partial charge in [0, 0.05) is 11.0 Å². The molecule has 0 atom stereocenters. The summed E-state index contributed by atoms with van der Waals surface area (Å²) in [4.78, 5) is 2.29. The number of halogens is 1. The van der Waals surface area contributed by atoms with E-state index in [0.717, 1.165) is 35.6 Å². The predicted octanol–water partition coefficient (Wildman–Crippen LogP) is 3.94. The number of hydrogen-bond donors (Lipinski definition) is 0. The summed E-state index contributed by atoms with van der Waals surface area (Å²) in [5.41, 5.74) is 0. The zero-order valence-electron chi connectivity index (χ0n) is 11.0. The van der Waals surface area contributed by atoms with Gasteiger partial charge in [0.15, 0.2) is 0 Å². The maximum absolute atomic E-state index is 5.72. The van der Waals surface area contributed by atoms with Crippen LogP contribution in [0.25, 0.3) is 0 Å². The number of nitrogens with zero attached hydrogens (tertiary/aromatic N) is 1. The highest BCUT2D eigenvalue weighted by Crippen LogP contribution is 2.16. The molecule has 0 fully saturated rings. The number of rotatable bonds is 7. The summed E-state index contributed by atoms with van der Waals surface area (Å²) in [5.74, 6) is 1.89. The van der Waals surface area contributed by atoms with Crippen LogP contribution in [-0.4, -0.2) is 24.6 Å². The molecular formula is C15H18BrNO2. The highest BCUT2D eigenvalue weighted by Gasteiger charge is 2.05. The molecule has 0 saturated carbocycles. The molecule has 0 N–H and O–H groups in total. The topological polar surface area (TPSA) is 25.6 Å². The van der Waals surface area contributed by atoms with Crippen molar-refractivity contribution in [1.29, 1.82) is 0 Å². The molecule has 1 heterocycles. The first kappa shape index (κ1) is 14.2. The van der Waals surface area contributed by atoms with Crippen LogP contribution in [0.5, 0.6) is 5.75 Å². The third-order valence-electron chi connectivity index (χ3n) is 2.90. The lowest BCUT2D eigenvalue weighted by Gasteiger charge is -2.19. The van der Waals surface area contributed by atoms with Crippen LogP contribution in [-0.2, 0) is 6.54 Å². The van der Waals surface area contributed by atoms with Crippen LogP contribution in [0.1, 0.15) is 12.7 Å². The summed E-state index contributed by atoms with van der Waals surface area (Å²) in [6.45, 7) is 5.50. The molecule has 0 aliphatic rings. The van der Waals surface area contributed by atoms with Gasteiger partial charge in [-0.15, -0.1) is 0 Å². The van der Waals surface area contributed by atoms with Gasteiger partial charge in [0.1, 0.15) is 18.1 Å². The molecule has 2 rings (SSSR count). The molecule has 0 aliphatic carbocycles. The molecular weight excluding hydrogens is 306 g/mol. The van der Waals surface area contributed by atoms with E-state index in [2.05, 4.69) is 27.8 Å². The molecule has 2 aromatic rings. The summed E-state index contributed by atoms with van der Waals surface area (Å²) in [7, 11) is 0. The lowest BCUT2D eigenvalue weighted by Crippen LogP contribution is -2.27. The van der Waals surface area contributed by atoms with E-state index in [0.29, 0.717) is 6.61 Å². The molecule has 0 amide bonds. The average molecular weight is 324 g/mol. The second kappa shape index (κ2) is 7.36. The number of likely N-dealkylation sites (N-methyl/N-ethyl adjacent to an activating group) is 1. The summed E-state index contributed by atoms with van der Waals surface area (Å²) in [6.07, 6.45) is 1.71. The van der Waals surface area contributed by atoms with Gasteiger partial charge in [-0.25, -0.2) is 0 Å². The summed E-state index contributed by atoms with van der Waals surface area (Å²) in [6, 6.07) is 11.8. The second-order valence-electron chi connectivity index (χ2n) is 4.25. The van der Waals surface area contributed by atoms with Crippen molar-refractivity contribution < 1.29 is 9.15 Å². The van der Waals surface area contributed by atoms with E-state index in [1.165, 1.54) is 0 Å². The Bertz CT molecular complexity index is 467. The Morgan fingerprint density at radius 1 is 1.21 bits per heavy atom. The van der Waals surface area contributed by atoms with Crippen molar-refractivity contribution >= 4 is 15.9 Å². The fraction of sp³-hybridized carbons (Fsp3) is 0.333. The molecule has 0 radical (unpaired) electrons. The molecule has 0 saturated heterocycles. The molecule has 1 aromatic carbocycles. The van der Waals surface area contributed by atoms with E-state index in [9.17, 15) is 0 Å².